The number of amides is 1. The SMILES string of the molecule is O=C(Cn1nc(-n2cccn2)ccc1=O)Nc1cc2ccccc2oc1=O. The molecule has 3 heterocycles. The Balaban J connectivity index is 1.58. The zero-order chi connectivity index (χ0) is 18.8. The molecular formula is C18H13N5O4. The van der Waals surface area contributed by atoms with Crippen molar-refractivity contribution in [2.24, 2.45) is 0 Å². The molecule has 1 N–H and O–H groups in total. The fourth-order valence-corrected chi connectivity index (χ4v) is 2.55. The third kappa shape index (κ3) is 3.38. The van der Waals surface area contributed by atoms with Gasteiger partial charge in [0.1, 0.15) is 17.8 Å². The van der Waals surface area contributed by atoms with Crippen molar-refractivity contribution in [1.29, 1.82) is 0 Å². The highest BCUT2D eigenvalue weighted by atomic mass is 16.4. The lowest BCUT2D eigenvalue weighted by atomic mass is 10.2. The molecule has 1 aromatic carbocycles. The average Bonchev–Trinajstić information content (AvgIpc) is 3.19. The molecular weight excluding hydrogens is 350 g/mol. The maximum Gasteiger partial charge on any atom is 0.360 e. The molecule has 1 amide bonds. The van der Waals surface area contributed by atoms with Gasteiger partial charge in [-0.1, -0.05) is 18.2 Å². The van der Waals surface area contributed by atoms with Crippen molar-refractivity contribution >= 4 is 22.6 Å². The number of carbonyl (C=O) groups is 1. The first kappa shape index (κ1) is 16.5. The van der Waals surface area contributed by atoms with Crippen LogP contribution in [0.25, 0.3) is 16.8 Å². The van der Waals surface area contributed by atoms with Crippen molar-refractivity contribution in [3.05, 3.63) is 81.7 Å². The molecule has 0 radical (unpaired) electrons. The first-order chi connectivity index (χ1) is 13.1. The number of fused-ring (bicyclic) bond motifs is 1. The highest BCUT2D eigenvalue weighted by Crippen LogP contribution is 2.15. The average molecular weight is 363 g/mol. The van der Waals surface area contributed by atoms with Gasteiger partial charge in [0, 0.05) is 23.8 Å². The van der Waals surface area contributed by atoms with E-state index in [0.29, 0.717) is 16.8 Å². The van der Waals surface area contributed by atoms with Crippen LogP contribution < -0.4 is 16.5 Å². The maximum atomic E-state index is 12.3. The molecule has 0 unspecified atom stereocenters. The predicted molar refractivity (Wildman–Crippen MR) is 96.7 cm³/mol. The molecule has 0 aliphatic heterocycles. The monoisotopic (exact) mass is 363 g/mol. The van der Waals surface area contributed by atoms with Gasteiger partial charge in [-0.15, -0.1) is 5.10 Å². The summed E-state index contributed by atoms with van der Waals surface area (Å²) in [4.78, 5) is 36.3. The zero-order valence-corrected chi connectivity index (χ0v) is 13.9. The van der Waals surface area contributed by atoms with E-state index in [1.807, 2.05) is 0 Å². The van der Waals surface area contributed by atoms with Gasteiger partial charge in [0.15, 0.2) is 5.82 Å². The van der Waals surface area contributed by atoms with Gasteiger partial charge in [-0.3, -0.25) is 9.59 Å². The van der Waals surface area contributed by atoms with Gasteiger partial charge in [-0.05, 0) is 24.3 Å². The Morgan fingerprint density at radius 2 is 1.96 bits per heavy atom. The second-order valence-electron chi connectivity index (χ2n) is 5.67. The van der Waals surface area contributed by atoms with Crippen LogP contribution >= 0.6 is 0 Å². The van der Waals surface area contributed by atoms with E-state index in [2.05, 4.69) is 15.5 Å². The molecule has 0 saturated heterocycles. The van der Waals surface area contributed by atoms with Crippen LogP contribution in [0.4, 0.5) is 5.69 Å². The number of nitrogens with one attached hydrogen (secondary N) is 1. The minimum Gasteiger partial charge on any atom is -0.421 e. The van der Waals surface area contributed by atoms with E-state index >= 15 is 0 Å². The van der Waals surface area contributed by atoms with E-state index < -0.39 is 17.1 Å². The molecule has 0 atom stereocenters. The number of rotatable bonds is 4. The van der Waals surface area contributed by atoms with Crippen molar-refractivity contribution in [2.45, 2.75) is 6.54 Å². The van der Waals surface area contributed by atoms with Gasteiger partial charge in [-0.25, -0.2) is 14.2 Å². The van der Waals surface area contributed by atoms with Gasteiger partial charge in [0.2, 0.25) is 5.91 Å². The van der Waals surface area contributed by atoms with Crippen LogP contribution in [0.3, 0.4) is 0 Å². The normalized spacial score (nSPS) is 10.8. The fourth-order valence-electron chi connectivity index (χ4n) is 2.55. The predicted octanol–water partition coefficient (Wildman–Crippen LogP) is 1.17. The molecule has 0 bridgehead atoms. The molecule has 9 heteroatoms. The van der Waals surface area contributed by atoms with Gasteiger partial charge in [0.05, 0.1) is 0 Å². The van der Waals surface area contributed by atoms with E-state index in [9.17, 15) is 14.4 Å². The van der Waals surface area contributed by atoms with Crippen molar-refractivity contribution in [3.8, 4) is 5.82 Å². The summed E-state index contributed by atoms with van der Waals surface area (Å²) in [5.41, 5.74) is -0.709. The molecule has 0 spiro atoms. The number of benzene rings is 1. The van der Waals surface area contributed by atoms with Gasteiger partial charge < -0.3 is 9.73 Å². The lowest BCUT2D eigenvalue weighted by molar-refractivity contribution is -0.117. The van der Waals surface area contributed by atoms with Crippen LogP contribution in [0.5, 0.6) is 0 Å². The standard InChI is InChI=1S/C18H13N5O4/c24-16(20-13-10-12-4-1-2-5-14(12)27-18(13)26)11-23-17(25)7-6-15(21-23)22-9-3-8-19-22/h1-10H,11H2,(H,20,24). The van der Waals surface area contributed by atoms with Crippen LogP contribution in [-0.4, -0.2) is 25.5 Å². The summed E-state index contributed by atoms with van der Waals surface area (Å²) in [6.07, 6.45) is 3.24. The summed E-state index contributed by atoms with van der Waals surface area (Å²) in [6, 6.07) is 13.0. The van der Waals surface area contributed by atoms with Crippen LogP contribution in [-0.2, 0) is 11.3 Å². The van der Waals surface area contributed by atoms with Gasteiger partial charge in [-0.2, -0.15) is 5.10 Å². The van der Waals surface area contributed by atoms with Crippen molar-refractivity contribution in [2.75, 3.05) is 5.32 Å². The van der Waals surface area contributed by atoms with Crippen LogP contribution in [0, 0.1) is 0 Å². The molecule has 0 aliphatic carbocycles. The Labute approximate surface area is 151 Å². The molecule has 9 nitrogen and oxygen atoms in total. The number of para-hydroxylation sites is 1. The largest absolute Gasteiger partial charge is 0.421 e. The summed E-state index contributed by atoms with van der Waals surface area (Å²) in [7, 11) is 0. The van der Waals surface area contributed by atoms with E-state index in [4.69, 9.17) is 4.42 Å². The van der Waals surface area contributed by atoms with Crippen LogP contribution in [0.1, 0.15) is 0 Å². The Morgan fingerprint density at radius 1 is 1.11 bits per heavy atom. The lowest BCUT2D eigenvalue weighted by Crippen LogP contribution is -2.31. The summed E-state index contributed by atoms with van der Waals surface area (Å²) < 4.78 is 7.63. The molecule has 0 fully saturated rings. The second kappa shape index (κ2) is 6.71. The summed E-state index contributed by atoms with van der Waals surface area (Å²) in [5, 5.41) is 11.3. The Kier molecular flexibility index (Phi) is 4.09. The second-order valence-corrected chi connectivity index (χ2v) is 5.67. The van der Waals surface area contributed by atoms with Crippen LogP contribution in [0.15, 0.2) is 74.9 Å². The number of hydrogen-bond donors (Lipinski definition) is 1. The molecule has 0 saturated carbocycles. The zero-order valence-electron chi connectivity index (χ0n) is 13.9. The number of aromatic nitrogens is 4. The van der Waals surface area contributed by atoms with Crippen LogP contribution in [0.2, 0.25) is 0 Å². The number of carbonyl (C=O) groups excluding carboxylic acids is 1. The van der Waals surface area contributed by atoms with E-state index in [-0.39, 0.29) is 12.2 Å². The lowest BCUT2D eigenvalue weighted by Gasteiger charge is -2.08. The maximum absolute atomic E-state index is 12.3. The summed E-state index contributed by atoms with van der Waals surface area (Å²) in [6.45, 7) is -0.361. The topological polar surface area (TPSA) is 112 Å². The first-order valence-electron chi connectivity index (χ1n) is 8.01. The van der Waals surface area contributed by atoms with Crippen molar-refractivity contribution in [1.82, 2.24) is 19.6 Å². The smallest absolute Gasteiger partial charge is 0.360 e. The summed E-state index contributed by atoms with van der Waals surface area (Å²) in [5.74, 6) is -0.192. The Hall–Kier alpha value is -4.01. The number of nitrogens with zero attached hydrogens (tertiary/aromatic N) is 4. The minimum atomic E-state index is -0.673. The van der Waals surface area contributed by atoms with E-state index in [1.54, 1.807) is 42.7 Å². The van der Waals surface area contributed by atoms with Gasteiger partial charge >= 0.3 is 5.63 Å². The third-order valence-corrected chi connectivity index (χ3v) is 3.80. The first-order valence-corrected chi connectivity index (χ1v) is 8.01. The van der Waals surface area contributed by atoms with Crippen molar-refractivity contribution in [3.63, 3.8) is 0 Å². The third-order valence-electron chi connectivity index (χ3n) is 3.80. The van der Waals surface area contributed by atoms with E-state index in [1.165, 1.54) is 22.9 Å². The Bertz CT molecular complexity index is 1240. The molecule has 4 rings (SSSR count). The van der Waals surface area contributed by atoms with Crippen molar-refractivity contribution < 1.29 is 9.21 Å². The molecule has 3 aromatic heterocycles. The minimum absolute atomic E-state index is 0.00465. The van der Waals surface area contributed by atoms with Gasteiger partial charge in [0.25, 0.3) is 5.56 Å². The summed E-state index contributed by atoms with van der Waals surface area (Å²) >= 11 is 0. The number of hydrogen-bond acceptors (Lipinski definition) is 6. The Morgan fingerprint density at radius 3 is 2.78 bits per heavy atom. The molecule has 4 aromatic rings. The highest BCUT2D eigenvalue weighted by molar-refractivity contribution is 5.92. The quantitative estimate of drug-likeness (QED) is 0.545. The highest BCUT2D eigenvalue weighted by Gasteiger charge is 2.12. The van der Waals surface area contributed by atoms with E-state index in [0.717, 1.165) is 4.68 Å². The molecule has 27 heavy (non-hydrogen) atoms. The fraction of sp³-hybridized carbons (Fsp3) is 0.0556. The number of anilines is 1. The molecule has 0 aliphatic rings. The molecule has 134 valence electrons.